The normalized spacial score (nSPS) is 14.6. The molecule has 2 amide bonds. The Morgan fingerprint density at radius 2 is 1.89 bits per heavy atom. The molecule has 1 heterocycles. The number of nitrogens with zero attached hydrogens (tertiary/aromatic N) is 1. The Hall–Kier alpha value is -2.34. The van der Waals surface area contributed by atoms with E-state index in [0.29, 0.717) is 43.5 Å². The second-order valence-corrected chi connectivity index (χ2v) is 8.00. The van der Waals surface area contributed by atoms with Crippen LogP contribution in [-0.2, 0) is 11.4 Å². The lowest BCUT2D eigenvalue weighted by Crippen LogP contribution is -2.41. The summed E-state index contributed by atoms with van der Waals surface area (Å²) in [5, 5.41) is 2.87. The molecule has 0 aromatic heterocycles. The highest BCUT2D eigenvalue weighted by Gasteiger charge is 2.25. The number of rotatable bonds is 6. The van der Waals surface area contributed by atoms with Crippen molar-refractivity contribution in [2.45, 2.75) is 26.4 Å². The molecular weight excluding hydrogens is 420 g/mol. The largest absolute Gasteiger partial charge is 0.488 e. The van der Waals surface area contributed by atoms with Gasteiger partial charge in [-0.05, 0) is 48.6 Å². The molecule has 148 valence electrons. The minimum atomic E-state index is -0.00460. The van der Waals surface area contributed by atoms with Crippen LogP contribution < -0.4 is 10.1 Å². The van der Waals surface area contributed by atoms with Gasteiger partial charge in [0, 0.05) is 31.0 Å². The lowest BCUT2D eigenvalue weighted by Gasteiger charge is -2.32. The molecule has 0 radical (unpaired) electrons. The van der Waals surface area contributed by atoms with Gasteiger partial charge in [0.05, 0.1) is 5.56 Å². The molecule has 6 heteroatoms. The number of halogens is 1. The van der Waals surface area contributed by atoms with Crippen LogP contribution in [-0.4, -0.2) is 36.3 Å². The van der Waals surface area contributed by atoms with E-state index in [9.17, 15) is 9.59 Å². The van der Waals surface area contributed by atoms with E-state index < -0.39 is 0 Å². The maximum Gasteiger partial charge on any atom is 0.257 e. The molecule has 2 aromatic rings. The van der Waals surface area contributed by atoms with E-state index >= 15 is 0 Å². The highest BCUT2D eigenvalue weighted by atomic mass is 79.9. The third-order valence-corrected chi connectivity index (χ3v) is 5.44. The SMILES string of the molecule is CC(=O)NCC1CCN(C(=O)c2ccccc2OCc2cccc(Br)c2)CC1. The molecule has 1 fully saturated rings. The quantitative estimate of drug-likeness (QED) is 0.731. The van der Waals surface area contributed by atoms with Crippen LogP contribution in [0.4, 0.5) is 0 Å². The zero-order valence-electron chi connectivity index (χ0n) is 16.0. The van der Waals surface area contributed by atoms with Crippen LogP contribution in [0.15, 0.2) is 53.0 Å². The third kappa shape index (κ3) is 5.58. The van der Waals surface area contributed by atoms with Crippen LogP contribution in [0.2, 0.25) is 0 Å². The van der Waals surface area contributed by atoms with E-state index in [0.717, 1.165) is 22.9 Å². The number of likely N-dealkylation sites (tertiary alicyclic amines) is 1. The van der Waals surface area contributed by atoms with Crippen molar-refractivity contribution >= 4 is 27.7 Å². The minimum absolute atomic E-state index is 0.00261. The number of benzene rings is 2. The average molecular weight is 445 g/mol. The van der Waals surface area contributed by atoms with Crippen molar-refractivity contribution < 1.29 is 14.3 Å². The van der Waals surface area contributed by atoms with Gasteiger partial charge in [0.15, 0.2) is 0 Å². The summed E-state index contributed by atoms with van der Waals surface area (Å²) >= 11 is 3.46. The predicted octanol–water partition coefficient (Wildman–Crippen LogP) is 4.02. The van der Waals surface area contributed by atoms with E-state index in [1.165, 1.54) is 6.92 Å². The lowest BCUT2D eigenvalue weighted by molar-refractivity contribution is -0.119. The van der Waals surface area contributed by atoms with Crippen molar-refractivity contribution in [1.29, 1.82) is 0 Å². The average Bonchev–Trinajstić information content (AvgIpc) is 2.71. The molecule has 1 aliphatic rings. The number of nitrogens with one attached hydrogen (secondary N) is 1. The molecule has 0 atom stereocenters. The Bertz CT molecular complexity index is 832. The molecule has 2 aromatic carbocycles. The van der Waals surface area contributed by atoms with E-state index in [1.807, 2.05) is 53.4 Å². The molecule has 5 nitrogen and oxygen atoms in total. The first-order valence-corrected chi connectivity index (χ1v) is 10.3. The van der Waals surface area contributed by atoms with Crippen molar-refractivity contribution in [2.24, 2.45) is 5.92 Å². The minimum Gasteiger partial charge on any atom is -0.488 e. The molecule has 1 saturated heterocycles. The second-order valence-electron chi connectivity index (χ2n) is 7.09. The number of para-hydroxylation sites is 1. The molecule has 1 aliphatic heterocycles. The smallest absolute Gasteiger partial charge is 0.257 e. The summed E-state index contributed by atoms with van der Waals surface area (Å²) in [6.07, 6.45) is 1.79. The fourth-order valence-electron chi connectivity index (χ4n) is 3.36. The highest BCUT2D eigenvalue weighted by Crippen LogP contribution is 2.25. The zero-order chi connectivity index (χ0) is 19.9. The Morgan fingerprint density at radius 1 is 1.14 bits per heavy atom. The van der Waals surface area contributed by atoms with Gasteiger partial charge in [-0.2, -0.15) is 0 Å². The molecule has 0 aliphatic carbocycles. The summed E-state index contributed by atoms with van der Waals surface area (Å²) in [7, 11) is 0. The van der Waals surface area contributed by atoms with Crippen LogP contribution in [0.25, 0.3) is 0 Å². The fraction of sp³-hybridized carbons (Fsp3) is 0.364. The maximum atomic E-state index is 13.0. The van der Waals surface area contributed by atoms with E-state index in [4.69, 9.17) is 4.74 Å². The summed E-state index contributed by atoms with van der Waals surface area (Å²) in [6, 6.07) is 15.3. The van der Waals surface area contributed by atoms with Crippen LogP contribution in [0.5, 0.6) is 5.75 Å². The molecule has 0 spiro atoms. The Morgan fingerprint density at radius 3 is 2.61 bits per heavy atom. The zero-order valence-corrected chi connectivity index (χ0v) is 17.6. The molecule has 0 bridgehead atoms. The van der Waals surface area contributed by atoms with Gasteiger partial charge in [-0.15, -0.1) is 0 Å². The van der Waals surface area contributed by atoms with Crippen LogP contribution in [0.3, 0.4) is 0 Å². The first kappa shape index (κ1) is 20.4. The second kappa shape index (κ2) is 9.73. The lowest BCUT2D eigenvalue weighted by atomic mass is 9.96. The van der Waals surface area contributed by atoms with Gasteiger partial charge in [0.1, 0.15) is 12.4 Å². The van der Waals surface area contributed by atoms with Gasteiger partial charge < -0.3 is 15.0 Å². The van der Waals surface area contributed by atoms with E-state index in [2.05, 4.69) is 21.2 Å². The Balaban J connectivity index is 1.61. The highest BCUT2D eigenvalue weighted by molar-refractivity contribution is 9.10. The monoisotopic (exact) mass is 444 g/mol. The summed E-state index contributed by atoms with van der Waals surface area (Å²) in [4.78, 5) is 26.0. The van der Waals surface area contributed by atoms with Crippen molar-refractivity contribution in [1.82, 2.24) is 10.2 Å². The first-order valence-electron chi connectivity index (χ1n) is 9.53. The molecule has 3 rings (SSSR count). The first-order chi connectivity index (χ1) is 13.5. The number of amides is 2. The summed E-state index contributed by atoms with van der Waals surface area (Å²) in [5.74, 6) is 1.03. The molecule has 28 heavy (non-hydrogen) atoms. The molecule has 1 N–H and O–H groups in total. The molecular formula is C22H25BrN2O3. The van der Waals surface area contributed by atoms with Gasteiger partial charge in [-0.25, -0.2) is 0 Å². The van der Waals surface area contributed by atoms with Gasteiger partial charge in [-0.3, -0.25) is 9.59 Å². The summed E-state index contributed by atoms with van der Waals surface area (Å²) in [5.41, 5.74) is 1.63. The topological polar surface area (TPSA) is 58.6 Å². The Kier molecular flexibility index (Phi) is 7.09. The van der Waals surface area contributed by atoms with Gasteiger partial charge in [0.25, 0.3) is 5.91 Å². The van der Waals surface area contributed by atoms with Crippen LogP contribution in [0, 0.1) is 5.92 Å². The van der Waals surface area contributed by atoms with Crippen molar-refractivity contribution in [3.05, 3.63) is 64.1 Å². The summed E-state index contributed by atoms with van der Waals surface area (Å²) < 4.78 is 6.96. The van der Waals surface area contributed by atoms with Crippen LogP contribution >= 0.6 is 15.9 Å². The number of carbonyl (C=O) groups is 2. The number of hydrogen-bond acceptors (Lipinski definition) is 3. The number of piperidine rings is 1. The molecule has 0 unspecified atom stereocenters. The van der Waals surface area contributed by atoms with Crippen molar-refractivity contribution in [3.63, 3.8) is 0 Å². The third-order valence-electron chi connectivity index (χ3n) is 4.94. The standard InChI is InChI=1S/C22H25BrN2O3/c1-16(26)24-14-17-9-11-25(12-10-17)22(27)20-7-2-3-8-21(20)28-15-18-5-4-6-19(23)13-18/h2-8,13,17H,9-12,14-15H2,1H3,(H,24,26). The predicted molar refractivity (Wildman–Crippen MR) is 112 cm³/mol. The molecule has 0 saturated carbocycles. The number of ether oxygens (including phenoxy) is 1. The van der Waals surface area contributed by atoms with E-state index in [-0.39, 0.29) is 11.8 Å². The van der Waals surface area contributed by atoms with E-state index in [1.54, 1.807) is 0 Å². The fourth-order valence-corrected chi connectivity index (χ4v) is 3.80. The van der Waals surface area contributed by atoms with Gasteiger partial charge in [0.2, 0.25) is 5.91 Å². The van der Waals surface area contributed by atoms with Crippen LogP contribution in [0.1, 0.15) is 35.7 Å². The van der Waals surface area contributed by atoms with Crippen molar-refractivity contribution in [2.75, 3.05) is 19.6 Å². The number of hydrogen-bond donors (Lipinski definition) is 1. The van der Waals surface area contributed by atoms with Gasteiger partial charge >= 0.3 is 0 Å². The number of carbonyl (C=O) groups excluding carboxylic acids is 2. The maximum absolute atomic E-state index is 13.0. The van der Waals surface area contributed by atoms with Crippen molar-refractivity contribution in [3.8, 4) is 5.75 Å². The summed E-state index contributed by atoms with van der Waals surface area (Å²) in [6.45, 7) is 4.02. The Labute approximate surface area is 174 Å². The van der Waals surface area contributed by atoms with Gasteiger partial charge in [-0.1, -0.05) is 40.2 Å².